The van der Waals surface area contributed by atoms with E-state index >= 15 is 0 Å². The Labute approximate surface area is 441 Å². The number of imidazole rings is 1. The summed E-state index contributed by atoms with van der Waals surface area (Å²) in [6.07, 6.45) is 1.41. The smallest absolute Gasteiger partial charge is 0.148 e. The van der Waals surface area contributed by atoms with Crippen LogP contribution in [0.4, 0.5) is 0 Å². The van der Waals surface area contributed by atoms with E-state index in [4.69, 9.17) is 27.8 Å². The summed E-state index contributed by atoms with van der Waals surface area (Å²) in [7, 11) is 0. The first-order chi connectivity index (χ1) is 37.2. The molecule has 0 atom stereocenters. The maximum atomic E-state index is 12.4. The van der Waals surface area contributed by atoms with Crippen molar-refractivity contribution in [1.82, 2.24) is 14.5 Å². The SMILES string of the molecule is [2H]c1c([2H])c(C(C([2H])([2H])[2H])(C([2H])([2H])[2H])C([2H])([2H])[2H])c([2H])c([2H])c1-c1ccnc(-c2[c-]c(-c3cccc4c3nc(-c3cc(C(C)C)cc(C(C)C)c3O)n4-c3ccc(-c4ccccc4C(C)(C)C)c(C([2H])(C)C)c3)cc(C(C)(C)C)c2)c1.[Pt]. The van der Waals surface area contributed by atoms with Crippen molar-refractivity contribution in [1.29, 1.82) is 0 Å². The summed E-state index contributed by atoms with van der Waals surface area (Å²) in [4.78, 5) is 10.2. The zero-order valence-electron chi connectivity index (χ0n) is 55.1. The van der Waals surface area contributed by atoms with Gasteiger partial charge >= 0.3 is 0 Å². The van der Waals surface area contributed by atoms with Crippen LogP contribution in [0.2, 0.25) is 0 Å². The zero-order chi connectivity index (χ0) is 60.2. The van der Waals surface area contributed by atoms with Crippen molar-refractivity contribution < 1.29 is 45.4 Å². The molecule has 5 heteroatoms. The minimum atomic E-state index is -3.82. The number of benzene rings is 6. The molecule has 0 aliphatic carbocycles. The topological polar surface area (TPSA) is 50.9 Å². The number of hydrogen-bond acceptors (Lipinski definition) is 3. The molecule has 0 amide bonds. The standard InChI is InChI=1S/C63H70N3O.Pt/c1-38(2)43-34-53(40(5)6)59(67)54(35-43)60-65-58-49(20-18-22-57(58)66(60)48-27-28-50(52(37-48)39(3)4)51-19-16-17-21-55(51)63(13,14)15)44-31-45(33-47(32-44)62(10,11)12)56-36-42(29-30-64-56)41-23-25-46(26-24-41)61(7,8)9;/h16-30,32-40,67H,1-15H3;/q-1;/i7D3,8D3,9D3,23D,24D,25D,26D,39D;. The van der Waals surface area contributed by atoms with E-state index in [-0.39, 0.29) is 55.2 Å². The third kappa shape index (κ3) is 9.95. The quantitative estimate of drug-likeness (QED) is 0.147. The minimum Gasteiger partial charge on any atom is -0.507 e. The molecule has 0 spiro atoms. The number of aromatic hydroxyl groups is 1. The first kappa shape index (κ1) is 34.7. The Morgan fingerprint density at radius 3 is 1.97 bits per heavy atom. The number of phenolic OH excluding ortho intramolecular Hbond substituents is 1. The Hall–Kier alpha value is -5.57. The molecule has 0 fully saturated rings. The molecule has 2 heterocycles. The van der Waals surface area contributed by atoms with Gasteiger partial charge in [-0.25, -0.2) is 4.98 Å². The summed E-state index contributed by atoms with van der Waals surface area (Å²) in [5, 5.41) is 12.4. The van der Waals surface area contributed by atoms with Gasteiger partial charge in [-0.15, -0.1) is 29.3 Å². The number of hydrogen-bond donors (Lipinski definition) is 1. The van der Waals surface area contributed by atoms with Crippen LogP contribution in [-0.2, 0) is 37.3 Å². The number of pyridine rings is 1. The molecule has 1 N–H and O–H groups in total. The second kappa shape index (κ2) is 19.1. The van der Waals surface area contributed by atoms with E-state index in [0.29, 0.717) is 44.8 Å². The van der Waals surface area contributed by atoms with Crippen molar-refractivity contribution >= 4 is 11.0 Å². The van der Waals surface area contributed by atoms with Crippen LogP contribution < -0.4 is 0 Å². The fraction of sp³-hybridized carbons (Fsp3) is 0.333. The van der Waals surface area contributed by atoms with Gasteiger partial charge in [-0.3, -0.25) is 9.55 Å². The van der Waals surface area contributed by atoms with Gasteiger partial charge in [-0.2, -0.15) is 0 Å². The van der Waals surface area contributed by atoms with E-state index in [1.807, 2.05) is 82.3 Å². The molecule has 0 radical (unpaired) electrons. The maximum absolute atomic E-state index is 12.4. The van der Waals surface area contributed by atoms with Gasteiger partial charge in [0.25, 0.3) is 0 Å². The van der Waals surface area contributed by atoms with Crippen molar-refractivity contribution in [3.63, 3.8) is 0 Å². The van der Waals surface area contributed by atoms with Gasteiger partial charge in [0.05, 0.1) is 22.1 Å². The van der Waals surface area contributed by atoms with Crippen LogP contribution >= 0.6 is 0 Å². The second-order valence-electron chi connectivity index (χ2n) is 20.7. The largest absolute Gasteiger partial charge is 0.507 e. The summed E-state index contributed by atoms with van der Waals surface area (Å²) in [5.74, 6) is -0.377. The second-order valence-corrected chi connectivity index (χ2v) is 20.7. The molecule has 0 aliphatic rings. The van der Waals surface area contributed by atoms with E-state index < -0.39 is 67.0 Å². The Balaban J connectivity index is 0.00000968. The van der Waals surface area contributed by atoms with Crippen LogP contribution in [0, 0.1) is 6.07 Å². The van der Waals surface area contributed by atoms with E-state index in [9.17, 15) is 6.48 Å². The molecule has 0 bridgehead atoms. The van der Waals surface area contributed by atoms with Crippen LogP contribution in [0.15, 0.2) is 127 Å². The molecule has 6 aromatic carbocycles. The predicted octanol–water partition coefficient (Wildman–Crippen LogP) is 17.5. The molecule has 2 aromatic heterocycles. The molecule has 8 aromatic rings. The molecule has 0 aliphatic heterocycles. The molecule has 68 heavy (non-hydrogen) atoms. The summed E-state index contributed by atoms with van der Waals surface area (Å²) < 4.78 is 122. The Bertz CT molecular complexity index is 3690. The monoisotopic (exact) mass is 1090 g/mol. The van der Waals surface area contributed by atoms with Crippen molar-refractivity contribution in [3.05, 3.63) is 167 Å². The molecule has 0 saturated carbocycles. The first-order valence-corrected chi connectivity index (χ1v) is 23.0. The average Bonchev–Trinajstić information content (AvgIpc) is 1.06. The van der Waals surface area contributed by atoms with Crippen LogP contribution in [0.25, 0.3) is 72.7 Å². The molecule has 4 nitrogen and oxygen atoms in total. The van der Waals surface area contributed by atoms with Crippen molar-refractivity contribution in [2.45, 2.75) is 138 Å². The van der Waals surface area contributed by atoms with E-state index in [2.05, 4.69) is 96.4 Å². The molecule has 8 rings (SSSR count). The van der Waals surface area contributed by atoms with Gasteiger partial charge in [0.1, 0.15) is 11.6 Å². The third-order valence-electron chi connectivity index (χ3n) is 12.6. The Kier molecular flexibility index (Phi) is 9.73. The number of nitrogens with zero attached hydrogens (tertiary/aromatic N) is 3. The van der Waals surface area contributed by atoms with Crippen molar-refractivity contribution in [3.8, 4) is 67.5 Å². The van der Waals surface area contributed by atoms with Crippen LogP contribution in [0.3, 0.4) is 0 Å². The van der Waals surface area contributed by atoms with E-state index in [0.717, 1.165) is 44.6 Å². The number of aromatic nitrogens is 3. The number of rotatable bonds is 9. The average molecular weight is 1090 g/mol. The van der Waals surface area contributed by atoms with Crippen LogP contribution in [0.5, 0.6) is 5.75 Å². The summed E-state index contributed by atoms with van der Waals surface area (Å²) in [6.45, 7) is 13.4. The first-order valence-electron chi connectivity index (χ1n) is 30.0. The van der Waals surface area contributed by atoms with Crippen molar-refractivity contribution in [2.75, 3.05) is 0 Å². The summed E-state index contributed by atoms with van der Waals surface area (Å²) in [5.41, 5.74) is 5.39. The van der Waals surface area contributed by atoms with Gasteiger partial charge in [-0.05, 0) is 114 Å². The van der Waals surface area contributed by atoms with Gasteiger partial charge in [0.15, 0.2) is 0 Å². The molecule has 354 valence electrons. The molecule has 0 unspecified atom stereocenters. The predicted molar refractivity (Wildman–Crippen MR) is 285 cm³/mol. The fourth-order valence-electron chi connectivity index (χ4n) is 8.74. The van der Waals surface area contributed by atoms with E-state index in [1.54, 1.807) is 0 Å². The number of para-hydroxylation sites is 1. The van der Waals surface area contributed by atoms with Crippen LogP contribution in [0.1, 0.15) is 174 Å². The molecule has 0 saturated heterocycles. The number of fused-ring (bicyclic) bond motifs is 1. The summed E-state index contributed by atoms with van der Waals surface area (Å²) >= 11 is 0. The third-order valence-corrected chi connectivity index (χ3v) is 12.6. The minimum absolute atomic E-state index is 0. The van der Waals surface area contributed by atoms with Gasteiger partial charge in [0.2, 0.25) is 0 Å². The molecular formula is C63H70N3OPt-. The fourth-order valence-corrected chi connectivity index (χ4v) is 8.74. The zero-order valence-corrected chi connectivity index (χ0v) is 43.3. The maximum Gasteiger partial charge on any atom is 0.148 e. The van der Waals surface area contributed by atoms with Gasteiger partial charge in [0, 0.05) is 52.4 Å². The van der Waals surface area contributed by atoms with Gasteiger partial charge in [-0.1, -0.05) is 194 Å². The summed E-state index contributed by atoms with van der Waals surface area (Å²) in [6, 6.07) is 31.1. The van der Waals surface area contributed by atoms with E-state index in [1.165, 1.54) is 18.3 Å². The number of phenols is 1. The van der Waals surface area contributed by atoms with Crippen LogP contribution in [-0.4, -0.2) is 19.6 Å². The molecular weight excluding hydrogens is 1010 g/mol. The Morgan fingerprint density at radius 2 is 1.32 bits per heavy atom. The van der Waals surface area contributed by atoms with Crippen molar-refractivity contribution in [2.24, 2.45) is 0 Å². The Morgan fingerprint density at radius 1 is 0.632 bits per heavy atom. The van der Waals surface area contributed by atoms with Gasteiger partial charge < -0.3 is 5.11 Å². The normalized spacial score (nSPS) is 16.1.